The number of aryl methyl sites for hydroxylation is 3. The first-order valence-corrected chi connectivity index (χ1v) is 10.2. The van der Waals surface area contributed by atoms with Crippen molar-refractivity contribution in [3.63, 3.8) is 0 Å². The van der Waals surface area contributed by atoms with E-state index in [9.17, 15) is 13.2 Å². The largest absolute Gasteiger partial charge is 0.333 e. The molecule has 8 heteroatoms. The minimum Gasteiger partial charge on any atom is -0.307 e. The molecule has 0 radical (unpaired) electrons. The molecule has 1 aromatic carbocycles. The molecule has 2 aliphatic rings. The molecule has 2 amide bonds. The van der Waals surface area contributed by atoms with Gasteiger partial charge in [-0.05, 0) is 67.7 Å². The summed E-state index contributed by atoms with van der Waals surface area (Å²) in [6.45, 7) is 1.66. The Bertz CT molecular complexity index is 952. The van der Waals surface area contributed by atoms with Crippen LogP contribution in [0.4, 0.5) is 10.5 Å². The maximum atomic E-state index is 12.4. The molecule has 1 aromatic heterocycles. The minimum atomic E-state index is -4.01. The van der Waals surface area contributed by atoms with Gasteiger partial charge in [0.05, 0.1) is 12.4 Å². The van der Waals surface area contributed by atoms with Crippen LogP contribution < -0.4 is 10.0 Å². The number of rotatable bonds is 3. The number of hydrogen-bond acceptors (Lipinski definition) is 5. The summed E-state index contributed by atoms with van der Waals surface area (Å²) in [5.74, 6) is 0.462. The molecule has 26 heavy (non-hydrogen) atoms. The van der Waals surface area contributed by atoms with E-state index in [1.54, 1.807) is 6.92 Å². The monoisotopic (exact) mass is 372 g/mol. The molecule has 7 nitrogen and oxygen atoms in total. The third kappa shape index (κ3) is 3.05. The molecule has 0 atom stereocenters. The standard InChI is InChI=1S/C18H20N4O3S/c1-11-19-9-14(10-20-11)26(24,25)22-18(23)21-17-15-6-2-4-12(15)8-13-5-3-7-16(13)17/h8-10H,2-7H2,1H3,(H2,21,22,23). The maximum absolute atomic E-state index is 12.4. The zero-order chi connectivity index (χ0) is 18.3. The van der Waals surface area contributed by atoms with Gasteiger partial charge in [-0.15, -0.1) is 0 Å². The summed E-state index contributed by atoms with van der Waals surface area (Å²) >= 11 is 0. The summed E-state index contributed by atoms with van der Waals surface area (Å²) in [6, 6.07) is 1.51. The molecule has 136 valence electrons. The van der Waals surface area contributed by atoms with Gasteiger partial charge in [-0.25, -0.2) is 27.9 Å². The normalized spacial score (nSPS) is 15.4. The van der Waals surface area contributed by atoms with Gasteiger partial charge in [-0.2, -0.15) is 0 Å². The zero-order valence-corrected chi connectivity index (χ0v) is 15.3. The number of carbonyl (C=O) groups is 1. The predicted octanol–water partition coefficient (Wildman–Crippen LogP) is 2.27. The van der Waals surface area contributed by atoms with Gasteiger partial charge in [0.25, 0.3) is 10.0 Å². The van der Waals surface area contributed by atoms with Gasteiger partial charge in [0.1, 0.15) is 10.7 Å². The third-order valence-corrected chi connectivity index (χ3v) is 6.29. The molecule has 2 aromatic rings. The lowest BCUT2D eigenvalue weighted by molar-refractivity contribution is 0.256. The van der Waals surface area contributed by atoms with Gasteiger partial charge in [0.2, 0.25) is 0 Å². The first-order chi connectivity index (χ1) is 12.4. The molecule has 1 heterocycles. The number of aromatic nitrogens is 2. The summed E-state index contributed by atoms with van der Waals surface area (Å²) in [7, 11) is -4.01. The van der Waals surface area contributed by atoms with Crippen molar-refractivity contribution in [3.8, 4) is 0 Å². The van der Waals surface area contributed by atoms with Crippen LogP contribution in [0.15, 0.2) is 23.4 Å². The van der Waals surface area contributed by atoms with Gasteiger partial charge in [0, 0.05) is 5.69 Å². The SMILES string of the molecule is Cc1ncc(S(=O)(=O)NC(=O)Nc2c3c(cc4c2CCC4)CCC3)cn1. The number of sulfonamides is 1. The summed E-state index contributed by atoms with van der Waals surface area (Å²) in [5.41, 5.74) is 5.65. The molecule has 0 fully saturated rings. The molecule has 2 aliphatic carbocycles. The van der Waals surface area contributed by atoms with Gasteiger partial charge in [-0.3, -0.25) is 0 Å². The van der Waals surface area contributed by atoms with E-state index < -0.39 is 16.1 Å². The molecular formula is C18H20N4O3S. The average Bonchev–Trinajstić information content (AvgIpc) is 3.23. The molecule has 0 aliphatic heterocycles. The van der Waals surface area contributed by atoms with Crippen molar-refractivity contribution in [2.24, 2.45) is 0 Å². The van der Waals surface area contributed by atoms with Gasteiger partial charge < -0.3 is 5.32 Å². The number of amides is 2. The fourth-order valence-corrected chi connectivity index (χ4v) is 4.60. The van der Waals surface area contributed by atoms with Crippen LogP contribution in [0.1, 0.15) is 40.9 Å². The second-order valence-electron chi connectivity index (χ2n) is 6.76. The molecule has 0 saturated heterocycles. The number of hydrogen-bond donors (Lipinski definition) is 2. The highest BCUT2D eigenvalue weighted by Gasteiger charge is 2.26. The number of nitrogens with one attached hydrogen (secondary N) is 2. The van der Waals surface area contributed by atoms with Crippen molar-refractivity contribution < 1.29 is 13.2 Å². The molecule has 2 N–H and O–H groups in total. The van der Waals surface area contributed by atoms with E-state index in [1.807, 2.05) is 0 Å². The molecule has 0 unspecified atom stereocenters. The van der Waals surface area contributed by atoms with Crippen LogP contribution in [0.25, 0.3) is 0 Å². The fraction of sp³-hybridized carbons (Fsp3) is 0.389. The molecule has 0 saturated carbocycles. The molecular weight excluding hydrogens is 352 g/mol. The Morgan fingerprint density at radius 1 is 1.00 bits per heavy atom. The van der Waals surface area contributed by atoms with Crippen LogP contribution >= 0.6 is 0 Å². The van der Waals surface area contributed by atoms with Crippen molar-refractivity contribution in [2.45, 2.75) is 50.3 Å². The Balaban J connectivity index is 1.59. The van der Waals surface area contributed by atoms with Crippen LogP contribution in [0.5, 0.6) is 0 Å². The Hall–Kier alpha value is -2.48. The van der Waals surface area contributed by atoms with Crippen LogP contribution in [-0.4, -0.2) is 24.4 Å². The van der Waals surface area contributed by atoms with Crippen LogP contribution in [0.2, 0.25) is 0 Å². The molecule has 0 bridgehead atoms. The smallest absolute Gasteiger partial charge is 0.307 e. The Morgan fingerprint density at radius 2 is 1.58 bits per heavy atom. The van der Waals surface area contributed by atoms with Gasteiger partial charge in [0.15, 0.2) is 0 Å². The third-order valence-electron chi connectivity index (χ3n) is 5.01. The first-order valence-electron chi connectivity index (χ1n) is 8.73. The lowest BCUT2D eigenvalue weighted by Crippen LogP contribution is -2.35. The Morgan fingerprint density at radius 3 is 2.15 bits per heavy atom. The van der Waals surface area contributed by atoms with Crippen LogP contribution in [-0.2, 0) is 35.7 Å². The number of urea groups is 1. The molecule has 0 spiro atoms. The summed E-state index contributed by atoms with van der Waals surface area (Å²) in [5, 5.41) is 2.81. The number of carbonyl (C=O) groups excluding carboxylic acids is 1. The van der Waals surface area contributed by atoms with E-state index in [1.165, 1.54) is 23.5 Å². The van der Waals surface area contributed by atoms with Crippen molar-refractivity contribution in [1.82, 2.24) is 14.7 Å². The van der Waals surface area contributed by atoms with Crippen molar-refractivity contribution in [1.29, 1.82) is 0 Å². The number of fused-ring (bicyclic) bond motifs is 2. The molecule has 4 rings (SSSR count). The number of benzene rings is 1. The van der Waals surface area contributed by atoms with Crippen molar-refractivity contribution >= 4 is 21.7 Å². The highest BCUT2D eigenvalue weighted by molar-refractivity contribution is 7.90. The Kier molecular flexibility index (Phi) is 4.14. The van der Waals surface area contributed by atoms with Crippen LogP contribution in [0.3, 0.4) is 0 Å². The van der Waals surface area contributed by atoms with E-state index >= 15 is 0 Å². The van der Waals surface area contributed by atoms with E-state index in [0.717, 1.165) is 55.3 Å². The quantitative estimate of drug-likeness (QED) is 0.861. The average molecular weight is 372 g/mol. The van der Waals surface area contributed by atoms with Gasteiger partial charge in [-0.1, -0.05) is 6.07 Å². The van der Waals surface area contributed by atoms with E-state index in [2.05, 4.69) is 26.1 Å². The van der Waals surface area contributed by atoms with E-state index in [0.29, 0.717) is 5.82 Å². The summed E-state index contributed by atoms with van der Waals surface area (Å²) in [4.78, 5) is 20.0. The van der Waals surface area contributed by atoms with Crippen molar-refractivity contribution in [2.75, 3.05) is 5.32 Å². The maximum Gasteiger partial charge on any atom is 0.333 e. The summed E-state index contributed by atoms with van der Waals surface area (Å²) in [6.07, 6.45) is 8.36. The van der Waals surface area contributed by atoms with Gasteiger partial charge >= 0.3 is 6.03 Å². The highest BCUT2D eigenvalue weighted by atomic mass is 32.2. The first kappa shape index (κ1) is 17.0. The van der Waals surface area contributed by atoms with Crippen molar-refractivity contribution in [3.05, 3.63) is 46.5 Å². The van der Waals surface area contributed by atoms with E-state index in [4.69, 9.17) is 0 Å². The second kappa shape index (κ2) is 6.35. The second-order valence-corrected chi connectivity index (χ2v) is 8.44. The van der Waals surface area contributed by atoms with Crippen LogP contribution in [0, 0.1) is 6.92 Å². The lowest BCUT2D eigenvalue weighted by atomic mass is 9.99. The predicted molar refractivity (Wildman–Crippen MR) is 96.6 cm³/mol. The highest BCUT2D eigenvalue weighted by Crippen LogP contribution is 2.38. The topological polar surface area (TPSA) is 101 Å². The number of anilines is 1. The minimum absolute atomic E-state index is 0.137. The summed E-state index contributed by atoms with van der Waals surface area (Å²) < 4.78 is 26.8. The Labute approximate surface area is 152 Å². The fourth-order valence-electron chi connectivity index (χ4n) is 3.81. The zero-order valence-electron chi connectivity index (χ0n) is 14.5. The van der Waals surface area contributed by atoms with E-state index in [-0.39, 0.29) is 4.90 Å². The number of nitrogens with zero attached hydrogens (tertiary/aromatic N) is 2. The lowest BCUT2D eigenvalue weighted by Gasteiger charge is -2.16.